The molecule has 1 aliphatic carbocycles. The molecule has 3 aromatic rings. The molecular weight excluding hydrogens is 471 g/mol. The molecule has 1 aromatic heterocycles. The molecule has 0 spiro atoms. The van der Waals surface area contributed by atoms with Gasteiger partial charge in [-0.1, -0.05) is 11.6 Å². The van der Waals surface area contributed by atoms with Crippen molar-refractivity contribution in [2.24, 2.45) is 0 Å². The molecule has 1 fully saturated rings. The van der Waals surface area contributed by atoms with Crippen LogP contribution in [0.15, 0.2) is 42.9 Å². The maximum atomic E-state index is 13.4. The Morgan fingerprint density at radius 1 is 1.15 bits per heavy atom. The highest BCUT2D eigenvalue weighted by Gasteiger charge is 2.25. The van der Waals surface area contributed by atoms with Crippen LogP contribution in [-0.2, 0) is 10.0 Å². The number of nitrogens with one attached hydrogen (secondary N) is 2. The zero-order chi connectivity index (χ0) is 23.4. The van der Waals surface area contributed by atoms with Gasteiger partial charge in [0.05, 0.1) is 22.9 Å². The fourth-order valence-corrected chi connectivity index (χ4v) is 4.80. The molecular formula is C22H24ClFN4O4S. The fraction of sp³-hybridized carbons (Fsp3) is 0.364. The Labute approximate surface area is 196 Å². The largest absolute Gasteiger partial charge is 0.487 e. The Bertz CT molecular complexity index is 1240. The smallest absolute Gasteiger partial charge is 0.208 e. The first-order valence-electron chi connectivity index (χ1n) is 10.5. The van der Waals surface area contributed by atoms with Crippen molar-refractivity contribution in [2.75, 3.05) is 18.3 Å². The summed E-state index contributed by atoms with van der Waals surface area (Å²) in [5, 5.41) is 3.87. The second-order valence-corrected chi connectivity index (χ2v) is 10.1. The monoisotopic (exact) mass is 494 g/mol. The van der Waals surface area contributed by atoms with Crippen molar-refractivity contribution in [1.29, 1.82) is 0 Å². The van der Waals surface area contributed by atoms with Gasteiger partial charge in [-0.25, -0.2) is 27.5 Å². The van der Waals surface area contributed by atoms with Crippen LogP contribution in [0.1, 0.15) is 25.7 Å². The van der Waals surface area contributed by atoms with Crippen LogP contribution in [0.4, 0.5) is 10.1 Å². The molecule has 4 rings (SSSR count). The predicted molar refractivity (Wildman–Crippen MR) is 125 cm³/mol. The van der Waals surface area contributed by atoms with E-state index in [-0.39, 0.29) is 23.9 Å². The topological polar surface area (TPSA) is 102 Å². The number of anilines is 1. The van der Waals surface area contributed by atoms with Crippen molar-refractivity contribution < 1.29 is 22.3 Å². The number of sulfonamides is 1. The lowest BCUT2D eigenvalue weighted by atomic mass is 9.93. The van der Waals surface area contributed by atoms with Crippen LogP contribution in [-0.4, -0.2) is 43.5 Å². The first-order chi connectivity index (χ1) is 15.8. The molecule has 2 N–H and O–H groups in total. The summed E-state index contributed by atoms with van der Waals surface area (Å²) in [5.74, 6) is 0.559. The van der Waals surface area contributed by atoms with Gasteiger partial charge in [-0.15, -0.1) is 0 Å². The first-order valence-corrected chi connectivity index (χ1v) is 12.7. The van der Waals surface area contributed by atoms with Crippen LogP contribution in [0.3, 0.4) is 0 Å². The van der Waals surface area contributed by atoms with Gasteiger partial charge < -0.3 is 14.8 Å². The molecule has 0 atom stereocenters. The van der Waals surface area contributed by atoms with Gasteiger partial charge in [0.15, 0.2) is 18.2 Å². The highest BCUT2D eigenvalue weighted by atomic mass is 35.5. The Morgan fingerprint density at radius 3 is 2.67 bits per heavy atom. The minimum atomic E-state index is -3.23. The van der Waals surface area contributed by atoms with E-state index >= 15 is 0 Å². The highest BCUT2D eigenvalue weighted by molar-refractivity contribution is 7.88. The SMILES string of the molecule is CS(=O)(=O)NC1CCC(Oc2cc3cncnc3cc2OCNc2ccc(F)c(Cl)c2)CC1. The van der Waals surface area contributed by atoms with Gasteiger partial charge in [0, 0.05) is 29.4 Å². The third-order valence-electron chi connectivity index (χ3n) is 5.34. The van der Waals surface area contributed by atoms with Crippen LogP contribution < -0.4 is 19.5 Å². The second kappa shape index (κ2) is 10.1. The van der Waals surface area contributed by atoms with E-state index in [1.165, 1.54) is 24.7 Å². The van der Waals surface area contributed by atoms with E-state index in [1.807, 2.05) is 6.07 Å². The Balaban J connectivity index is 1.45. The van der Waals surface area contributed by atoms with E-state index < -0.39 is 15.8 Å². The highest BCUT2D eigenvalue weighted by Crippen LogP contribution is 2.34. The number of hydrogen-bond acceptors (Lipinski definition) is 7. The van der Waals surface area contributed by atoms with E-state index in [0.717, 1.165) is 5.39 Å². The average Bonchev–Trinajstić information content (AvgIpc) is 2.77. The van der Waals surface area contributed by atoms with E-state index in [9.17, 15) is 12.8 Å². The fourth-order valence-electron chi connectivity index (χ4n) is 3.78. The number of halogens is 2. The molecule has 0 amide bonds. The van der Waals surface area contributed by atoms with E-state index in [2.05, 4.69) is 20.0 Å². The molecule has 0 radical (unpaired) electrons. The molecule has 8 nitrogen and oxygen atoms in total. The van der Waals surface area contributed by atoms with E-state index in [1.54, 1.807) is 18.3 Å². The van der Waals surface area contributed by atoms with Crippen molar-refractivity contribution in [1.82, 2.24) is 14.7 Å². The minimum absolute atomic E-state index is 0.0207. The second-order valence-electron chi connectivity index (χ2n) is 7.96. The van der Waals surface area contributed by atoms with Gasteiger partial charge in [-0.2, -0.15) is 0 Å². The molecule has 2 aromatic carbocycles. The lowest BCUT2D eigenvalue weighted by molar-refractivity contribution is 0.138. The number of aromatic nitrogens is 2. The van der Waals surface area contributed by atoms with Gasteiger partial charge in [0.2, 0.25) is 10.0 Å². The van der Waals surface area contributed by atoms with Gasteiger partial charge in [-0.05, 0) is 49.9 Å². The normalized spacial score (nSPS) is 18.8. The summed E-state index contributed by atoms with van der Waals surface area (Å²) in [6, 6.07) is 7.86. The number of rotatable bonds is 8. The molecule has 33 heavy (non-hydrogen) atoms. The lowest BCUT2D eigenvalue weighted by Crippen LogP contribution is -2.39. The summed E-state index contributed by atoms with van der Waals surface area (Å²) in [4.78, 5) is 8.33. The first kappa shape index (κ1) is 23.5. The summed E-state index contributed by atoms with van der Waals surface area (Å²) in [7, 11) is -3.23. The van der Waals surface area contributed by atoms with Gasteiger partial charge in [0.25, 0.3) is 0 Å². The van der Waals surface area contributed by atoms with E-state index in [4.69, 9.17) is 21.1 Å². The van der Waals surface area contributed by atoms with Crippen molar-refractivity contribution in [3.63, 3.8) is 0 Å². The molecule has 0 aliphatic heterocycles. The standard InChI is InChI=1S/C22H24ClFN4O4S/c1-33(29,30)28-15-2-5-17(6-3-15)32-22-8-14-11-25-12-26-20(14)10-21(22)31-13-27-16-4-7-19(24)18(23)9-16/h4,7-12,15,17,27-28H,2-3,5-6,13H2,1H3. The minimum Gasteiger partial charge on any atom is -0.487 e. The van der Waals surface area contributed by atoms with Crippen LogP contribution in [0.25, 0.3) is 10.9 Å². The number of hydrogen-bond donors (Lipinski definition) is 2. The van der Waals surface area contributed by atoms with Gasteiger partial charge in [0.1, 0.15) is 12.1 Å². The predicted octanol–water partition coefficient (Wildman–Crippen LogP) is 4.11. The van der Waals surface area contributed by atoms with Gasteiger partial charge >= 0.3 is 0 Å². The van der Waals surface area contributed by atoms with Crippen molar-refractivity contribution >= 4 is 38.2 Å². The molecule has 1 saturated carbocycles. The van der Waals surface area contributed by atoms with Crippen LogP contribution in [0.5, 0.6) is 11.5 Å². The van der Waals surface area contributed by atoms with Crippen molar-refractivity contribution in [2.45, 2.75) is 37.8 Å². The van der Waals surface area contributed by atoms with Crippen LogP contribution >= 0.6 is 11.6 Å². The summed E-state index contributed by atoms with van der Waals surface area (Å²) >= 11 is 5.83. The van der Waals surface area contributed by atoms with Crippen molar-refractivity contribution in [3.05, 3.63) is 53.7 Å². The zero-order valence-electron chi connectivity index (χ0n) is 17.9. The maximum Gasteiger partial charge on any atom is 0.208 e. The summed E-state index contributed by atoms with van der Waals surface area (Å²) in [5.41, 5.74) is 1.32. The van der Waals surface area contributed by atoms with Crippen LogP contribution in [0.2, 0.25) is 5.02 Å². The van der Waals surface area contributed by atoms with Gasteiger partial charge in [-0.3, -0.25) is 0 Å². The molecule has 0 saturated heterocycles. The quantitative estimate of drug-likeness (QED) is 0.454. The number of nitrogens with zero attached hydrogens (tertiary/aromatic N) is 2. The van der Waals surface area contributed by atoms with Crippen LogP contribution in [0, 0.1) is 5.82 Å². The Kier molecular flexibility index (Phi) is 7.16. The summed E-state index contributed by atoms with van der Waals surface area (Å²) in [6.45, 7) is 0.0972. The van der Waals surface area contributed by atoms with E-state index in [0.29, 0.717) is 48.4 Å². The average molecular weight is 495 g/mol. The Hall–Kier alpha value is -2.69. The molecule has 1 heterocycles. The molecule has 176 valence electrons. The zero-order valence-corrected chi connectivity index (χ0v) is 19.5. The Morgan fingerprint density at radius 2 is 1.94 bits per heavy atom. The third kappa shape index (κ3) is 6.43. The summed E-state index contributed by atoms with van der Waals surface area (Å²) < 4.78 is 51.2. The molecule has 0 bridgehead atoms. The third-order valence-corrected chi connectivity index (χ3v) is 6.39. The number of fused-ring (bicyclic) bond motifs is 1. The number of ether oxygens (including phenoxy) is 2. The maximum absolute atomic E-state index is 13.4. The van der Waals surface area contributed by atoms with Crippen molar-refractivity contribution in [3.8, 4) is 11.5 Å². The number of benzene rings is 2. The molecule has 1 aliphatic rings. The molecule has 11 heteroatoms. The molecule has 0 unspecified atom stereocenters. The summed E-state index contributed by atoms with van der Waals surface area (Å²) in [6.07, 6.45) is 7.06. The lowest BCUT2D eigenvalue weighted by Gasteiger charge is -2.29.